The summed E-state index contributed by atoms with van der Waals surface area (Å²) in [6.45, 7) is 4.06. The van der Waals surface area contributed by atoms with E-state index in [-0.39, 0.29) is 0 Å². The lowest BCUT2D eigenvalue weighted by Crippen LogP contribution is -2.35. The average molecular weight is 303 g/mol. The molecule has 5 heteroatoms. The second-order valence-electron chi connectivity index (χ2n) is 6.06. The Balaban J connectivity index is 1.45. The number of hydrogen-bond donors (Lipinski definition) is 0. The van der Waals surface area contributed by atoms with E-state index < -0.39 is 0 Å². The monoisotopic (exact) mass is 303 g/mol. The van der Waals surface area contributed by atoms with E-state index in [9.17, 15) is 0 Å². The van der Waals surface area contributed by atoms with Crippen molar-refractivity contribution in [3.05, 3.63) is 35.5 Å². The number of hydrogen-bond acceptors (Lipinski definition) is 4. The van der Waals surface area contributed by atoms with Gasteiger partial charge in [-0.1, -0.05) is 0 Å². The third kappa shape index (κ3) is 2.50. The van der Waals surface area contributed by atoms with Gasteiger partial charge in [-0.15, -0.1) is 11.3 Å². The van der Waals surface area contributed by atoms with Gasteiger partial charge in [0.25, 0.3) is 0 Å². The lowest BCUT2D eigenvalue weighted by molar-refractivity contribution is 0.0506. The number of nitrogens with zero attached hydrogens (tertiary/aromatic N) is 3. The Morgan fingerprint density at radius 1 is 1.29 bits per heavy atom. The van der Waals surface area contributed by atoms with Crippen LogP contribution in [-0.2, 0) is 11.4 Å². The van der Waals surface area contributed by atoms with E-state index in [1.165, 1.54) is 42.3 Å². The predicted octanol–water partition coefficient (Wildman–Crippen LogP) is 3.13. The minimum atomic E-state index is 0.692. The molecular weight excluding hydrogens is 282 g/mol. The fourth-order valence-corrected chi connectivity index (χ4v) is 4.09. The quantitative estimate of drug-likeness (QED) is 0.869. The Bertz CT molecular complexity index is 613. The van der Waals surface area contributed by atoms with Gasteiger partial charge in [0.05, 0.1) is 18.8 Å². The normalized spacial score (nSPS) is 19.6. The molecule has 2 aliphatic heterocycles. The maximum Gasteiger partial charge on any atom is 0.126 e. The SMILES string of the molecule is CN1CCC(CON2Cc3cccn3-c3sccc32)CC1. The summed E-state index contributed by atoms with van der Waals surface area (Å²) in [6.07, 6.45) is 4.63. The first kappa shape index (κ1) is 13.4. The molecule has 1 saturated heterocycles. The van der Waals surface area contributed by atoms with Crippen LogP contribution < -0.4 is 5.06 Å². The van der Waals surface area contributed by atoms with Crippen molar-refractivity contribution in [2.45, 2.75) is 19.4 Å². The Morgan fingerprint density at radius 2 is 2.14 bits per heavy atom. The molecule has 0 N–H and O–H groups in total. The highest BCUT2D eigenvalue weighted by Crippen LogP contribution is 2.36. The van der Waals surface area contributed by atoms with Crippen LogP contribution in [0, 0.1) is 5.92 Å². The molecule has 21 heavy (non-hydrogen) atoms. The summed E-state index contributed by atoms with van der Waals surface area (Å²) in [5.74, 6) is 0.692. The molecule has 0 aromatic carbocycles. The average Bonchev–Trinajstić information content (AvgIpc) is 3.14. The predicted molar refractivity (Wildman–Crippen MR) is 86.0 cm³/mol. The summed E-state index contributed by atoms with van der Waals surface area (Å²) in [7, 11) is 2.20. The first-order chi connectivity index (χ1) is 10.3. The molecule has 0 aliphatic carbocycles. The molecule has 0 bridgehead atoms. The van der Waals surface area contributed by atoms with Crippen LogP contribution in [0.4, 0.5) is 5.69 Å². The number of piperidine rings is 1. The van der Waals surface area contributed by atoms with Gasteiger partial charge in [-0.3, -0.25) is 4.84 Å². The Morgan fingerprint density at radius 3 is 3.00 bits per heavy atom. The summed E-state index contributed by atoms with van der Waals surface area (Å²) >= 11 is 1.77. The fraction of sp³-hybridized carbons (Fsp3) is 0.500. The molecule has 2 aliphatic rings. The maximum absolute atomic E-state index is 6.18. The van der Waals surface area contributed by atoms with E-state index in [1.807, 2.05) is 0 Å². The summed E-state index contributed by atoms with van der Waals surface area (Å²) < 4.78 is 2.27. The number of aromatic nitrogens is 1. The number of thiophene rings is 1. The smallest absolute Gasteiger partial charge is 0.126 e. The third-order valence-corrected chi connectivity index (χ3v) is 5.46. The van der Waals surface area contributed by atoms with E-state index in [2.05, 4.69) is 51.4 Å². The second kappa shape index (κ2) is 5.48. The highest BCUT2D eigenvalue weighted by molar-refractivity contribution is 7.13. The van der Waals surface area contributed by atoms with E-state index >= 15 is 0 Å². The number of likely N-dealkylation sites (tertiary alicyclic amines) is 1. The Kier molecular flexibility index (Phi) is 3.49. The van der Waals surface area contributed by atoms with E-state index in [0.717, 1.165) is 13.2 Å². The van der Waals surface area contributed by atoms with Crippen molar-refractivity contribution < 1.29 is 4.84 Å². The molecule has 0 spiro atoms. The minimum absolute atomic E-state index is 0.692. The number of anilines is 1. The molecule has 0 unspecified atom stereocenters. The first-order valence-corrected chi connectivity index (χ1v) is 8.52. The molecule has 2 aromatic rings. The van der Waals surface area contributed by atoms with Crippen LogP contribution in [0.15, 0.2) is 29.8 Å². The van der Waals surface area contributed by atoms with Crippen LogP contribution >= 0.6 is 11.3 Å². The third-order valence-electron chi connectivity index (χ3n) is 4.56. The van der Waals surface area contributed by atoms with Crippen LogP contribution in [0.2, 0.25) is 0 Å². The summed E-state index contributed by atoms with van der Waals surface area (Å²) in [4.78, 5) is 8.58. The van der Waals surface area contributed by atoms with Gasteiger partial charge < -0.3 is 9.47 Å². The van der Waals surface area contributed by atoms with Gasteiger partial charge in [-0.25, -0.2) is 5.06 Å². The van der Waals surface area contributed by atoms with Gasteiger partial charge in [0.15, 0.2) is 0 Å². The molecule has 0 saturated carbocycles. The van der Waals surface area contributed by atoms with Crippen molar-refractivity contribution >= 4 is 17.0 Å². The zero-order valence-corrected chi connectivity index (χ0v) is 13.2. The van der Waals surface area contributed by atoms with Gasteiger partial charge in [-0.2, -0.15) is 0 Å². The molecule has 0 atom stereocenters. The van der Waals surface area contributed by atoms with Gasteiger partial charge in [-0.05, 0) is 62.5 Å². The van der Waals surface area contributed by atoms with Crippen molar-refractivity contribution in [2.24, 2.45) is 5.92 Å². The molecule has 4 heterocycles. The molecule has 0 amide bonds. The van der Waals surface area contributed by atoms with Gasteiger partial charge in [0, 0.05) is 11.9 Å². The second-order valence-corrected chi connectivity index (χ2v) is 6.95. The highest BCUT2D eigenvalue weighted by atomic mass is 32.1. The Hall–Kier alpha value is -1.30. The number of fused-ring (bicyclic) bond motifs is 3. The van der Waals surface area contributed by atoms with Gasteiger partial charge in [0.1, 0.15) is 5.00 Å². The highest BCUT2D eigenvalue weighted by Gasteiger charge is 2.25. The zero-order chi connectivity index (χ0) is 14.2. The number of rotatable bonds is 3. The topological polar surface area (TPSA) is 20.6 Å². The van der Waals surface area contributed by atoms with Crippen LogP contribution in [0.1, 0.15) is 18.5 Å². The summed E-state index contributed by atoms with van der Waals surface area (Å²) in [5.41, 5.74) is 2.50. The summed E-state index contributed by atoms with van der Waals surface area (Å²) in [6, 6.07) is 6.45. The van der Waals surface area contributed by atoms with Crippen LogP contribution in [0.5, 0.6) is 0 Å². The molecule has 4 nitrogen and oxygen atoms in total. The molecule has 1 fully saturated rings. The Labute approximate surface area is 129 Å². The largest absolute Gasteiger partial charge is 0.309 e. The van der Waals surface area contributed by atoms with Gasteiger partial charge in [0.2, 0.25) is 0 Å². The van der Waals surface area contributed by atoms with Crippen molar-refractivity contribution in [3.8, 4) is 5.00 Å². The van der Waals surface area contributed by atoms with Crippen LogP contribution in [-0.4, -0.2) is 36.2 Å². The zero-order valence-electron chi connectivity index (χ0n) is 12.4. The lowest BCUT2D eigenvalue weighted by Gasteiger charge is -2.33. The number of hydroxylamine groups is 1. The van der Waals surface area contributed by atoms with Crippen molar-refractivity contribution in [2.75, 3.05) is 31.8 Å². The van der Waals surface area contributed by atoms with Crippen molar-refractivity contribution in [1.29, 1.82) is 0 Å². The van der Waals surface area contributed by atoms with Gasteiger partial charge >= 0.3 is 0 Å². The molecular formula is C16H21N3OS. The van der Waals surface area contributed by atoms with Crippen molar-refractivity contribution in [1.82, 2.24) is 9.47 Å². The standard InChI is InChI=1S/C16H21N3OS/c1-17-8-4-13(5-9-17)12-20-19-11-14-3-2-7-18(14)16-15(19)6-10-21-16/h2-3,6-7,10,13H,4-5,8-9,11-12H2,1H3. The summed E-state index contributed by atoms with van der Waals surface area (Å²) in [5, 5.41) is 5.50. The van der Waals surface area contributed by atoms with E-state index in [1.54, 1.807) is 11.3 Å². The fourth-order valence-electron chi connectivity index (χ4n) is 3.18. The maximum atomic E-state index is 6.18. The minimum Gasteiger partial charge on any atom is -0.309 e. The molecule has 4 rings (SSSR count). The molecule has 0 radical (unpaired) electrons. The first-order valence-electron chi connectivity index (χ1n) is 7.64. The molecule has 2 aromatic heterocycles. The van der Waals surface area contributed by atoms with Crippen LogP contribution in [0.25, 0.3) is 5.00 Å². The van der Waals surface area contributed by atoms with E-state index in [0.29, 0.717) is 5.92 Å². The lowest BCUT2D eigenvalue weighted by atomic mass is 9.98. The van der Waals surface area contributed by atoms with Crippen LogP contribution in [0.3, 0.4) is 0 Å². The van der Waals surface area contributed by atoms with Crippen molar-refractivity contribution in [3.63, 3.8) is 0 Å². The van der Waals surface area contributed by atoms with E-state index in [4.69, 9.17) is 4.84 Å². The molecule has 112 valence electrons.